The Bertz CT molecular complexity index is 1470. The number of aromatic nitrogens is 2. The molecule has 3 unspecified atom stereocenters. The predicted molar refractivity (Wildman–Crippen MR) is 138 cm³/mol. The number of azide groups is 1. The fourth-order valence-electron chi connectivity index (χ4n) is 2.93. The van der Waals surface area contributed by atoms with Crippen LogP contribution in [0.5, 0.6) is 0 Å². The molecule has 1 aromatic heterocycles. The minimum atomic E-state index is -6.54. The molecule has 6 atom stereocenters. The summed E-state index contributed by atoms with van der Waals surface area (Å²) in [6.45, 7) is 3.31. The van der Waals surface area contributed by atoms with Gasteiger partial charge >= 0.3 is 32.3 Å². The SMILES string of the molecule is [BH3-]P(=O)(OC[C@H]1O[C@@H](n2cc(C)c(=O)[nH]c2=O)C[C@H]1N=[N+]=[N-])OP(=O)(O)C(F)(F)P(=O)(O)OCOC(=O)C(C)(C)C. The number of esters is 1. The molecule has 0 bridgehead atoms. The van der Waals surface area contributed by atoms with E-state index in [0.717, 1.165) is 4.57 Å². The molecule has 232 valence electrons. The molecular weight excluding hydrogens is 624 g/mol. The first-order valence-corrected chi connectivity index (χ1v) is 15.2. The highest BCUT2D eigenvalue weighted by Gasteiger charge is 2.67. The Hall–Kier alpha value is -2.17. The zero-order chi connectivity index (χ0) is 31.6. The van der Waals surface area contributed by atoms with Crippen LogP contribution in [0.2, 0.25) is 0 Å². The summed E-state index contributed by atoms with van der Waals surface area (Å²) in [4.78, 5) is 59.6. The molecule has 0 saturated carbocycles. The third kappa shape index (κ3) is 8.45. The molecule has 18 nitrogen and oxygen atoms in total. The van der Waals surface area contributed by atoms with Gasteiger partial charge in [0.1, 0.15) is 6.23 Å². The molecule has 2 rings (SSSR count). The van der Waals surface area contributed by atoms with Gasteiger partial charge < -0.3 is 28.3 Å². The van der Waals surface area contributed by atoms with E-state index in [4.69, 9.17) is 14.8 Å². The van der Waals surface area contributed by atoms with Crippen molar-refractivity contribution in [1.82, 2.24) is 9.55 Å². The highest BCUT2D eigenvalue weighted by molar-refractivity contribution is 7.86. The van der Waals surface area contributed by atoms with Crippen LogP contribution in [-0.2, 0) is 41.3 Å². The summed E-state index contributed by atoms with van der Waals surface area (Å²) < 4.78 is 90.6. The number of carbonyl (C=O) groups excluding carboxylic acids is 1. The number of alkyl halides is 2. The molecule has 0 radical (unpaired) electrons. The van der Waals surface area contributed by atoms with Gasteiger partial charge in [0.2, 0.25) is 6.79 Å². The van der Waals surface area contributed by atoms with Gasteiger partial charge in [-0.3, -0.25) is 37.1 Å². The Morgan fingerprint density at radius 3 is 2.44 bits per heavy atom. The highest BCUT2D eigenvalue weighted by atomic mass is 31.3. The van der Waals surface area contributed by atoms with Crippen LogP contribution in [-0.4, -0.2) is 63.8 Å². The second kappa shape index (κ2) is 12.6. The molecule has 3 N–H and O–H groups in total. The van der Waals surface area contributed by atoms with Crippen molar-refractivity contribution in [1.29, 1.82) is 0 Å². The van der Waals surface area contributed by atoms with E-state index < -0.39 is 90.0 Å². The highest BCUT2D eigenvalue weighted by Crippen LogP contribution is 2.79. The van der Waals surface area contributed by atoms with Crippen molar-refractivity contribution in [3.63, 3.8) is 0 Å². The summed E-state index contributed by atoms with van der Waals surface area (Å²) in [5, 5.41) is -2.04. The zero-order valence-electron chi connectivity index (χ0n) is 21.2. The summed E-state index contributed by atoms with van der Waals surface area (Å²) in [5.74, 6) is -0.998. The van der Waals surface area contributed by atoms with Crippen LogP contribution in [0.1, 0.15) is 39.0 Å². The van der Waals surface area contributed by atoms with Crippen molar-refractivity contribution in [3.8, 4) is 0 Å². The van der Waals surface area contributed by atoms with Crippen LogP contribution >= 0.6 is 22.7 Å². The van der Waals surface area contributed by atoms with Gasteiger partial charge in [-0.15, -0.1) is 0 Å². The van der Waals surface area contributed by atoms with Gasteiger partial charge in [0.15, 0.2) is 7.47 Å². The first-order valence-electron chi connectivity index (χ1n) is 10.9. The van der Waals surface area contributed by atoms with E-state index in [2.05, 4.69) is 28.6 Å². The number of hydrogen-bond donors (Lipinski definition) is 3. The first-order chi connectivity index (χ1) is 18.5. The zero-order valence-corrected chi connectivity index (χ0v) is 23.9. The lowest BCUT2D eigenvalue weighted by Crippen LogP contribution is -2.33. The molecule has 0 amide bonds. The van der Waals surface area contributed by atoms with Crippen LogP contribution in [0.4, 0.5) is 8.78 Å². The van der Waals surface area contributed by atoms with Crippen LogP contribution in [0.25, 0.3) is 10.4 Å². The minimum Gasteiger partial charge on any atom is -0.438 e. The Labute approximate surface area is 230 Å². The van der Waals surface area contributed by atoms with Gasteiger partial charge in [-0.2, -0.15) is 8.78 Å². The summed E-state index contributed by atoms with van der Waals surface area (Å²) in [5.41, 5.74) is 6.36. The van der Waals surface area contributed by atoms with Crippen molar-refractivity contribution in [2.45, 2.75) is 57.9 Å². The van der Waals surface area contributed by atoms with Crippen molar-refractivity contribution in [2.75, 3.05) is 13.4 Å². The molecular formula is C17H28BF2N5O13P3-. The van der Waals surface area contributed by atoms with Crippen molar-refractivity contribution >= 4 is 36.2 Å². The molecule has 0 aliphatic carbocycles. The van der Waals surface area contributed by atoms with Gasteiger partial charge in [0.05, 0.1) is 31.7 Å². The van der Waals surface area contributed by atoms with Crippen LogP contribution in [0.15, 0.2) is 20.9 Å². The number of H-pyrrole nitrogens is 1. The molecule has 1 fully saturated rings. The van der Waals surface area contributed by atoms with Gasteiger partial charge in [-0.05, 0) is 33.2 Å². The second-order valence-electron chi connectivity index (χ2n) is 9.20. The smallest absolute Gasteiger partial charge is 0.438 e. The number of nitrogens with one attached hydrogen (secondary N) is 1. The molecule has 1 aromatic rings. The Kier molecular flexibility index (Phi) is 10.8. The molecule has 41 heavy (non-hydrogen) atoms. The lowest BCUT2D eigenvalue weighted by Gasteiger charge is -2.30. The molecule has 24 heteroatoms. The van der Waals surface area contributed by atoms with Crippen molar-refractivity contribution < 1.29 is 59.9 Å². The lowest BCUT2D eigenvalue weighted by atomic mass is 9.98. The monoisotopic (exact) mass is 652 g/mol. The standard InChI is InChI=1S/C17H28BF2N5O13P3/c1-9-6-25(15(28)22-13(9)26)12-5-10(23-24-21)11(37-12)7-35-41(18,33)38-40(31,32)17(19,20)39(29,30)36-8-34-14(27)16(2,3)4/h6,10-12H,5,7-8H2,1-4,18H3,(H,29,30)(H,31,32)(H,22,26,28)/q-1/t10-,11-,12-,41?/m1/s1. The third-order valence-corrected chi connectivity index (χ3v) is 10.2. The normalized spacial score (nSPS) is 24.0. The number of carbonyl (C=O) groups is 1. The van der Waals surface area contributed by atoms with E-state index >= 15 is 0 Å². The molecule has 1 aliphatic rings. The van der Waals surface area contributed by atoms with E-state index in [9.17, 15) is 46.6 Å². The fourth-order valence-corrected chi connectivity index (χ4v) is 6.63. The number of halogens is 2. The first kappa shape index (κ1) is 35.0. The van der Waals surface area contributed by atoms with E-state index in [1.54, 1.807) is 0 Å². The Morgan fingerprint density at radius 2 is 1.88 bits per heavy atom. The number of aryl methyl sites for hydroxylation is 1. The van der Waals surface area contributed by atoms with Gasteiger partial charge in [0, 0.05) is 23.1 Å². The second-order valence-corrected chi connectivity index (χ2v) is 14.4. The van der Waals surface area contributed by atoms with Crippen molar-refractivity contribution in [3.05, 3.63) is 43.0 Å². The Morgan fingerprint density at radius 1 is 1.27 bits per heavy atom. The lowest BCUT2D eigenvalue weighted by molar-refractivity contribution is -0.160. The maximum absolute atomic E-state index is 14.6. The average Bonchev–Trinajstić information content (AvgIpc) is 3.21. The van der Waals surface area contributed by atoms with E-state index in [-0.39, 0.29) is 12.0 Å². The largest absolute Gasteiger partial charge is 0.444 e. The number of aromatic amines is 1. The van der Waals surface area contributed by atoms with E-state index in [0.29, 0.717) is 0 Å². The molecule has 0 spiro atoms. The van der Waals surface area contributed by atoms with Crippen LogP contribution in [0.3, 0.4) is 0 Å². The maximum Gasteiger partial charge on any atom is 0.444 e. The minimum absolute atomic E-state index is 0.133. The summed E-state index contributed by atoms with van der Waals surface area (Å²) in [7, 11) is -19.4. The Balaban J connectivity index is 2.13. The van der Waals surface area contributed by atoms with Crippen LogP contribution in [0, 0.1) is 12.3 Å². The third-order valence-electron chi connectivity index (χ3n) is 5.09. The average molecular weight is 652 g/mol. The summed E-state index contributed by atoms with van der Waals surface area (Å²) in [6, 6.07) is -1.06. The topological polar surface area (TPSA) is 259 Å². The van der Waals surface area contributed by atoms with Gasteiger partial charge in [-0.1, -0.05) is 5.11 Å². The number of nitrogens with zero attached hydrogens (tertiary/aromatic N) is 4. The van der Waals surface area contributed by atoms with Gasteiger partial charge in [0.25, 0.3) is 5.56 Å². The van der Waals surface area contributed by atoms with Gasteiger partial charge in [-0.25, -0.2) is 4.79 Å². The van der Waals surface area contributed by atoms with E-state index in [1.165, 1.54) is 33.9 Å². The summed E-state index contributed by atoms with van der Waals surface area (Å²) >= 11 is 0. The molecule has 0 aromatic carbocycles. The predicted octanol–water partition coefficient (Wildman–Crippen LogP) is 1.80. The maximum atomic E-state index is 14.6. The summed E-state index contributed by atoms with van der Waals surface area (Å²) in [6.07, 6.45) is -1.32. The number of ether oxygens (including phenoxy) is 2. The molecule has 1 aliphatic heterocycles. The molecule has 1 saturated heterocycles. The fraction of sp³-hybridized carbons (Fsp3) is 0.706. The van der Waals surface area contributed by atoms with E-state index in [1.807, 2.05) is 0 Å². The quantitative estimate of drug-likeness (QED) is 0.0554. The van der Waals surface area contributed by atoms with Crippen LogP contribution < -0.4 is 11.2 Å². The number of hydrogen-bond acceptors (Lipinski definition) is 12. The number of rotatable bonds is 12. The molecule has 2 heterocycles. The van der Waals surface area contributed by atoms with Crippen molar-refractivity contribution in [2.24, 2.45) is 10.5 Å².